The van der Waals surface area contributed by atoms with Gasteiger partial charge < -0.3 is 5.32 Å². The first-order valence-corrected chi connectivity index (χ1v) is 7.26. The molecule has 0 spiro atoms. The molecule has 98 valence electrons. The van der Waals surface area contributed by atoms with E-state index in [9.17, 15) is 4.79 Å². The summed E-state index contributed by atoms with van der Waals surface area (Å²) >= 11 is 6.69. The second-order valence-corrected chi connectivity index (χ2v) is 5.94. The highest BCUT2D eigenvalue weighted by atomic mass is 79.9. The van der Waals surface area contributed by atoms with E-state index in [-0.39, 0.29) is 5.91 Å². The van der Waals surface area contributed by atoms with Gasteiger partial charge in [-0.05, 0) is 65.2 Å². The molecule has 5 heteroatoms. The third-order valence-corrected chi connectivity index (χ3v) is 3.58. The number of nitrogens with one attached hydrogen (secondary N) is 1. The number of hydrogen-bond acceptors (Lipinski definition) is 2. The van der Waals surface area contributed by atoms with E-state index in [2.05, 4.69) is 42.2 Å². The molecule has 0 bridgehead atoms. The molecular weight excluding hydrogens is 372 g/mol. The third kappa shape index (κ3) is 3.42. The Morgan fingerprint density at radius 1 is 1.16 bits per heavy atom. The second kappa shape index (κ2) is 5.84. The number of carbonyl (C=O) groups excluding carboxylic acids is 1. The molecule has 1 heterocycles. The van der Waals surface area contributed by atoms with Gasteiger partial charge in [0, 0.05) is 10.2 Å². The van der Waals surface area contributed by atoms with Crippen LogP contribution in [0.5, 0.6) is 0 Å². The van der Waals surface area contributed by atoms with Crippen LogP contribution in [0.2, 0.25) is 0 Å². The zero-order valence-electron chi connectivity index (χ0n) is 10.5. The Morgan fingerprint density at radius 3 is 2.37 bits per heavy atom. The molecule has 1 aromatic carbocycles. The molecule has 2 rings (SSSR count). The summed E-state index contributed by atoms with van der Waals surface area (Å²) in [6.45, 7) is 3.92. The van der Waals surface area contributed by atoms with E-state index in [1.165, 1.54) is 0 Å². The van der Waals surface area contributed by atoms with Crippen molar-refractivity contribution in [1.82, 2.24) is 4.98 Å². The first kappa shape index (κ1) is 14.2. The molecule has 0 atom stereocenters. The first-order valence-electron chi connectivity index (χ1n) is 5.68. The Hall–Kier alpha value is -1.20. The fourth-order valence-electron chi connectivity index (χ4n) is 1.82. The Morgan fingerprint density at radius 2 is 1.79 bits per heavy atom. The largest absolute Gasteiger partial charge is 0.320 e. The van der Waals surface area contributed by atoms with Crippen molar-refractivity contribution >= 4 is 43.5 Å². The first-order chi connectivity index (χ1) is 8.97. The highest BCUT2D eigenvalue weighted by Crippen LogP contribution is 2.25. The molecule has 1 amide bonds. The summed E-state index contributed by atoms with van der Waals surface area (Å²) in [7, 11) is 0. The van der Waals surface area contributed by atoms with Gasteiger partial charge in [-0.15, -0.1) is 0 Å². The molecule has 1 aromatic heterocycles. The maximum absolute atomic E-state index is 12.1. The van der Waals surface area contributed by atoms with Crippen molar-refractivity contribution < 1.29 is 4.79 Å². The minimum atomic E-state index is -0.213. The predicted molar refractivity (Wildman–Crippen MR) is 83.5 cm³/mol. The molecule has 0 unspecified atom stereocenters. The van der Waals surface area contributed by atoms with Crippen LogP contribution in [0.1, 0.15) is 21.6 Å². The fraction of sp³-hybridized carbons (Fsp3) is 0.143. The molecule has 1 N–H and O–H groups in total. The number of hydrogen-bond donors (Lipinski definition) is 1. The minimum absolute atomic E-state index is 0.213. The van der Waals surface area contributed by atoms with Gasteiger partial charge in [0.05, 0.1) is 0 Å². The maximum Gasteiger partial charge on any atom is 0.274 e. The predicted octanol–water partition coefficient (Wildman–Crippen LogP) is 4.48. The average molecular weight is 384 g/mol. The average Bonchev–Trinajstić information content (AvgIpc) is 2.33. The number of aromatic nitrogens is 1. The van der Waals surface area contributed by atoms with Crippen LogP contribution in [-0.4, -0.2) is 10.9 Å². The number of amides is 1. The SMILES string of the molecule is Cc1cc(Br)cc(C)c1NC(=O)c1cccc(Br)n1. The van der Waals surface area contributed by atoms with Crippen molar-refractivity contribution in [3.8, 4) is 0 Å². The van der Waals surface area contributed by atoms with Gasteiger partial charge in [0.2, 0.25) is 0 Å². The van der Waals surface area contributed by atoms with Crippen molar-refractivity contribution in [2.45, 2.75) is 13.8 Å². The van der Waals surface area contributed by atoms with E-state index in [1.807, 2.05) is 26.0 Å². The lowest BCUT2D eigenvalue weighted by Crippen LogP contribution is -2.15. The van der Waals surface area contributed by atoms with Crippen molar-refractivity contribution in [1.29, 1.82) is 0 Å². The van der Waals surface area contributed by atoms with Crippen LogP contribution in [-0.2, 0) is 0 Å². The van der Waals surface area contributed by atoms with Crippen LogP contribution < -0.4 is 5.32 Å². The number of anilines is 1. The molecule has 19 heavy (non-hydrogen) atoms. The van der Waals surface area contributed by atoms with E-state index in [1.54, 1.807) is 18.2 Å². The molecule has 0 aliphatic rings. The monoisotopic (exact) mass is 382 g/mol. The molecular formula is C14H12Br2N2O. The molecule has 0 radical (unpaired) electrons. The summed E-state index contributed by atoms with van der Waals surface area (Å²) in [6.07, 6.45) is 0. The van der Waals surface area contributed by atoms with Crippen LogP contribution in [0.15, 0.2) is 39.4 Å². The minimum Gasteiger partial charge on any atom is -0.320 e. The van der Waals surface area contributed by atoms with Gasteiger partial charge in [-0.1, -0.05) is 22.0 Å². The van der Waals surface area contributed by atoms with Crippen LogP contribution in [0.4, 0.5) is 5.69 Å². The zero-order chi connectivity index (χ0) is 14.0. The van der Waals surface area contributed by atoms with Gasteiger partial charge in [0.25, 0.3) is 5.91 Å². The van der Waals surface area contributed by atoms with E-state index in [4.69, 9.17) is 0 Å². The van der Waals surface area contributed by atoms with E-state index in [0.717, 1.165) is 21.3 Å². The van der Waals surface area contributed by atoms with Gasteiger partial charge in [0.1, 0.15) is 10.3 Å². The van der Waals surface area contributed by atoms with Gasteiger partial charge in [0.15, 0.2) is 0 Å². The second-order valence-electron chi connectivity index (χ2n) is 4.21. The highest BCUT2D eigenvalue weighted by Gasteiger charge is 2.11. The summed E-state index contributed by atoms with van der Waals surface area (Å²) < 4.78 is 1.64. The number of aryl methyl sites for hydroxylation is 2. The van der Waals surface area contributed by atoms with Crippen LogP contribution in [0.3, 0.4) is 0 Å². The van der Waals surface area contributed by atoms with Gasteiger partial charge in [-0.2, -0.15) is 0 Å². The van der Waals surface area contributed by atoms with Crippen LogP contribution in [0.25, 0.3) is 0 Å². The molecule has 2 aromatic rings. The van der Waals surface area contributed by atoms with E-state index in [0.29, 0.717) is 10.3 Å². The lowest BCUT2D eigenvalue weighted by molar-refractivity contribution is 0.102. The Kier molecular flexibility index (Phi) is 4.37. The highest BCUT2D eigenvalue weighted by molar-refractivity contribution is 9.10. The van der Waals surface area contributed by atoms with Gasteiger partial charge in [-0.25, -0.2) is 4.98 Å². The summed E-state index contributed by atoms with van der Waals surface area (Å²) in [6, 6.07) is 9.19. The maximum atomic E-state index is 12.1. The Balaban J connectivity index is 2.29. The molecule has 0 aliphatic carbocycles. The molecule has 0 saturated carbocycles. The zero-order valence-corrected chi connectivity index (χ0v) is 13.7. The number of rotatable bonds is 2. The molecule has 0 saturated heterocycles. The fourth-order valence-corrected chi connectivity index (χ4v) is 2.85. The normalized spacial score (nSPS) is 10.3. The van der Waals surface area contributed by atoms with Gasteiger partial charge in [-0.3, -0.25) is 4.79 Å². The van der Waals surface area contributed by atoms with Crippen LogP contribution >= 0.6 is 31.9 Å². The standard InChI is InChI=1S/C14H12Br2N2O/c1-8-6-10(15)7-9(2)13(8)18-14(19)11-4-3-5-12(16)17-11/h3-7H,1-2H3,(H,18,19). The number of halogens is 2. The van der Waals surface area contributed by atoms with E-state index >= 15 is 0 Å². The topological polar surface area (TPSA) is 42.0 Å². The van der Waals surface area contributed by atoms with Gasteiger partial charge >= 0.3 is 0 Å². The Labute approximate surface area is 128 Å². The number of carbonyl (C=O) groups is 1. The molecule has 0 fully saturated rings. The van der Waals surface area contributed by atoms with Crippen LogP contribution in [0, 0.1) is 13.8 Å². The molecule has 0 aliphatic heterocycles. The quantitative estimate of drug-likeness (QED) is 0.777. The summed E-state index contributed by atoms with van der Waals surface area (Å²) in [5, 5.41) is 2.91. The van der Waals surface area contributed by atoms with Crippen molar-refractivity contribution in [3.63, 3.8) is 0 Å². The van der Waals surface area contributed by atoms with E-state index < -0.39 is 0 Å². The molecule has 3 nitrogen and oxygen atoms in total. The van der Waals surface area contributed by atoms with Crippen molar-refractivity contribution in [2.24, 2.45) is 0 Å². The number of benzene rings is 1. The van der Waals surface area contributed by atoms with Crippen molar-refractivity contribution in [3.05, 3.63) is 56.2 Å². The lowest BCUT2D eigenvalue weighted by atomic mass is 10.1. The lowest BCUT2D eigenvalue weighted by Gasteiger charge is -2.12. The third-order valence-electron chi connectivity index (χ3n) is 2.68. The smallest absolute Gasteiger partial charge is 0.274 e. The summed E-state index contributed by atoms with van der Waals surface area (Å²) in [4.78, 5) is 16.3. The number of pyridine rings is 1. The summed E-state index contributed by atoms with van der Waals surface area (Å²) in [5.74, 6) is -0.213. The Bertz CT molecular complexity index is 618. The number of nitrogens with zero attached hydrogens (tertiary/aromatic N) is 1. The van der Waals surface area contributed by atoms with Crippen molar-refractivity contribution in [2.75, 3.05) is 5.32 Å². The summed E-state index contributed by atoms with van der Waals surface area (Å²) in [5.41, 5.74) is 3.23.